The average Bonchev–Trinajstić information content (AvgIpc) is 2.57. The fourth-order valence-corrected chi connectivity index (χ4v) is 2.83. The van der Waals surface area contributed by atoms with E-state index < -0.39 is 12.1 Å². The van der Waals surface area contributed by atoms with Crippen LogP contribution in [0.2, 0.25) is 0 Å². The monoisotopic (exact) mass is 341 g/mol. The first-order chi connectivity index (χ1) is 11.7. The highest BCUT2D eigenvalue weighted by atomic mass is 16.6. The molecule has 0 fully saturated rings. The number of rotatable bonds is 18. The zero-order valence-corrected chi connectivity index (χ0v) is 15.7. The van der Waals surface area contributed by atoms with Crippen molar-refractivity contribution in [2.75, 3.05) is 0 Å². The van der Waals surface area contributed by atoms with Crippen LogP contribution in [0.3, 0.4) is 0 Å². The molecule has 0 saturated carbocycles. The van der Waals surface area contributed by atoms with Gasteiger partial charge >= 0.3 is 5.97 Å². The van der Waals surface area contributed by atoms with Crippen LogP contribution in [0.15, 0.2) is 12.2 Å². The van der Waals surface area contributed by atoms with Gasteiger partial charge in [0.15, 0.2) is 6.10 Å². The van der Waals surface area contributed by atoms with Gasteiger partial charge in [-0.2, -0.15) is 0 Å². The molecule has 0 aromatic carbocycles. The second-order valence-corrected chi connectivity index (χ2v) is 6.69. The first kappa shape index (κ1) is 23.1. The molecule has 0 radical (unpaired) electrons. The Balaban J connectivity index is 3.22. The fourth-order valence-electron chi connectivity index (χ4n) is 2.83. The van der Waals surface area contributed by atoms with E-state index in [9.17, 15) is 4.79 Å². The van der Waals surface area contributed by atoms with Gasteiger partial charge in [-0.25, -0.2) is 10.7 Å². The minimum atomic E-state index is -0.967. The maximum atomic E-state index is 10.7. The molecule has 1 atom stereocenters. The third kappa shape index (κ3) is 16.0. The summed E-state index contributed by atoms with van der Waals surface area (Å²) < 4.78 is 0. The molecular formula is C20H39NO3. The molecule has 0 aliphatic carbocycles. The van der Waals surface area contributed by atoms with Crippen LogP contribution >= 0.6 is 0 Å². The minimum Gasteiger partial charge on any atom is -0.479 e. The fraction of sp³-hybridized carbons (Fsp3) is 0.850. The van der Waals surface area contributed by atoms with Crippen molar-refractivity contribution in [2.24, 2.45) is 5.90 Å². The van der Waals surface area contributed by atoms with Gasteiger partial charge in [0.05, 0.1) is 0 Å². The van der Waals surface area contributed by atoms with E-state index in [1.165, 1.54) is 77.0 Å². The van der Waals surface area contributed by atoms with Gasteiger partial charge in [0, 0.05) is 0 Å². The molecule has 0 heterocycles. The summed E-state index contributed by atoms with van der Waals surface area (Å²) in [7, 11) is 0. The Bertz CT molecular complexity index is 305. The highest BCUT2D eigenvalue weighted by molar-refractivity contribution is 5.72. The number of allylic oxidation sites excluding steroid dienone is 2. The number of carboxylic acid groups (broad SMARTS) is 1. The number of unbranched alkanes of at least 4 members (excludes halogenated alkanes) is 12. The van der Waals surface area contributed by atoms with Gasteiger partial charge in [-0.05, 0) is 32.1 Å². The number of aliphatic carboxylic acids is 1. The molecule has 0 saturated heterocycles. The molecule has 3 N–H and O–H groups in total. The maximum Gasteiger partial charge on any atom is 0.334 e. The number of carboxylic acids is 1. The van der Waals surface area contributed by atoms with Crippen molar-refractivity contribution in [3.63, 3.8) is 0 Å². The van der Waals surface area contributed by atoms with Crippen molar-refractivity contribution in [1.29, 1.82) is 0 Å². The Kier molecular flexibility index (Phi) is 17.8. The summed E-state index contributed by atoms with van der Waals surface area (Å²) in [4.78, 5) is 15.1. The maximum absolute atomic E-state index is 10.7. The molecule has 4 heteroatoms. The van der Waals surface area contributed by atoms with Crippen LogP contribution in [-0.4, -0.2) is 17.2 Å². The molecule has 1 unspecified atom stereocenters. The van der Waals surface area contributed by atoms with Crippen molar-refractivity contribution in [3.05, 3.63) is 12.2 Å². The SMILES string of the molecule is CCCCCCCCC=CCCCCCCCCC(ON)C(=O)O. The van der Waals surface area contributed by atoms with Crippen LogP contribution in [0, 0.1) is 0 Å². The third-order valence-electron chi connectivity index (χ3n) is 4.42. The van der Waals surface area contributed by atoms with E-state index >= 15 is 0 Å². The first-order valence-corrected chi connectivity index (χ1v) is 9.95. The number of hydrogen-bond donors (Lipinski definition) is 2. The van der Waals surface area contributed by atoms with Gasteiger partial charge in [0.25, 0.3) is 0 Å². The molecule has 0 bridgehead atoms. The van der Waals surface area contributed by atoms with Crippen molar-refractivity contribution in [3.8, 4) is 0 Å². The molecule has 142 valence electrons. The molecule has 0 rings (SSSR count). The largest absolute Gasteiger partial charge is 0.479 e. The molecule has 0 aromatic rings. The zero-order valence-electron chi connectivity index (χ0n) is 15.7. The van der Waals surface area contributed by atoms with Gasteiger partial charge in [-0.1, -0.05) is 83.3 Å². The molecule has 4 nitrogen and oxygen atoms in total. The number of carbonyl (C=O) groups is 1. The Morgan fingerprint density at radius 2 is 1.33 bits per heavy atom. The molecule has 0 aromatic heterocycles. The third-order valence-corrected chi connectivity index (χ3v) is 4.42. The van der Waals surface area contributed by atoms with Crippen molar-refractivity contribution >= 4 is 5.97 Å². The van der Waals surface area contributed by atoms with Crippen LogP contribution in [0.5, 0.6) is 0 Å². The van der Waals surface area contributed by atoms with Gasteiger partial charge in [-0.3, -0.25) is 4.84 Å². The predicted molar refractivity (Wildman–Crippen MR) is 101 cm³/mol. The Morgan fingerprint density at radius 1 is 0.875 bits per heavy atom. The number of nitrogens with two attached hydrogens (primary N) is 1. The van der Waals surface area contributed by atoms with Crippen molar-refractivity contribution < 1.29 is 14.7 Å². The van der Waals surface area contributed by atoms with Crippen LogP contribution in [-0.2, 0) is 9.63 Å². The highest BCUT2D eigenvalue weighted by Crippen LogP contribution is 2.12. The number of hydrogen-bond acceptors (Lipinski definition) is 3. The summed E-state index contributed by atoms with van der Waals surface area (Å²) in [5.41, 5.74) is 0. The zero-order chi connectivity index (χ0) is 17.9. The lowest BCUT2D eigenvalue weighted by molar-refractivity contribution is -0.151. The molecule has 24 heavy (non-hydrogen) atoms. The minimum absolute atomic E-state index is 0.507. The summed E-state index contributed by atoms with van der Waals surface area (Å²) in [5.74, 6) is 3.99. The van der Waals surface area contributed by atoms with E-state index in [4.69, 9.17) is 11.0 Å². The van der Waals surface area contributed by atoms with Gasteiger partial charge in [0.1, 0.15) is 0 Å². The van der Waals surface area contributed by atoms with E-state index in [0.717, 1.165) is 12.8 Å². The standard InChI is InChI=1S/C20H39NO3/c1-2-3-4-5-6-7-8-9-10-11-12-13-14-15-16-17-18-19(24-21)20(22)23/h9-10,19H,2-8,11-18,21H2,1H3,(H,22,23). The average molecular weight is 342 g/mol. The first-order valence-electron chi connectivity index (χ1n) is 9.95. The van der Waals surface area contributed by atoms with Crippen LogP contribution in [0.4, 0.5) is 0 Å². The van der Waals surface area contributed by atoms with Crippen LogP contribution in [0.25, 0.3) is 0 Å². The lowest BCUT2D eigenvalue weighted by Crippen LogP contribution is -2.26. The van der Waals surface area contributed by atoms with Crippen LogP contribution in [0.1, 0.15) is 103 Å². The Labute approximate surface area is 148 Å². The molecule has 0 aliphatic heterocycles. The van der Waals surface area contributed by atoms with Crippen molar-refractivity contribution in [2.45, 2.75) is 109 Å². The normalized spacial score (nSPS) is 12.8. The topological polar surface area (TPSA) is 72.5 Å². The Morgan fingerprint density at radius 3 is 1.79 bits per heavy atom. The van der Waals surface area contributed by atoms with Gasteiger partial charge < -0.3 is 5.11 Å². The van der Waals surface area contributed by atoms with Crippen LogP contribution < -0.4 is 5.90 Å². The Hall–Kier alpha value is -0.870. The summed E-state index contributed by atoms with van der Waals surface area (Å²) in [6, 6.07) is 0. The lowest BCUT2D eigenvalue weighted by Gasteiger charge is -2.08. The summed E-state index contributed by atoms with van der Waals surface area (Å²) in [5, 5.41) is 8.79. The second-order valence-electron chi connectivity index (χ2n) is 6.69. The molecular weight excluding hydrogens is 302 g/mol. The predicted octanol–water partition coefficient (Wildman–Crippen LogP) is 5.76. The van der Waals surface area contributed by atoms with E-state index in [1.807, 2.05) is 0 Å². The quantitative estimate of drug-likeness (QED) is 0.189. The summed E-state index contributed by atoms with van der Waals surface area (Å²) in [6.07, 6.45) is 21.8. The van der Waals surface area contributed by atoms with Crippen molar-refractivity contribution in [1.82, 2.24) is 0 Å². The smallest absolute Gasteiger partial charge is 0.334 e. The van der Waals surface area contributed by atoms with Gasteiger partial charge in [-0.15, -0.1) is 0 Å². The second kappa shape index (κ2) is 18.5. The van der Waals surface area contributed by atoms with E-state index in [0.29, 0.717) is 6.42 Å². The van der Waals surface area contributed by atoms with E-state index in [1.54, 1.807) is 0 Å². The molecule has 0 spiro atoms. The molecule has 0 aliphatic rings. The van der Waals surface area contributed by atoms with E-state index in [-0.39, 0.29) is 0 Å². The summed E-state index contributed by atoms with van der Waals surface area (Å²) >= 11 is 0. The van der Waals surface area contributed by atoms with E-state index in [2.05, 4.69) is 23.9 Å². The molecule has 0 amide bonds. The lowest BCUT2D eigenvalue weighted by atomic mass is 10.1. The van der Waals surface area contributed by atoms with Gasteiger partial charge in [0.2, 0.25) is 0 Å². The highest BCUT2D eigenvalue weighted by Gasteiger charge is 2.15. The summed E-state index contributed by atoms with van der Waals surface area (Å²) in [6.45, 7) is 2.26.